The number of nitrogens with zero attached hydrogens (tertiary/aromatic N) is 1. The first-order chi connectivity index (χ1) is 8.95. The van der Waals surface area contributed by atoms with E-state index in [1.165, 1.54) is 0 Å². The van der Waals surface area contributed by atoms with Gasteiger partial charge in [0.05, 0.1) is 11.3 Å². The second-order valence-corrected chi connectivity index (χ2v) is 4.59. The molecule has 1 heterocycles. The Morgan fingerprint density at radius 2 is 2.05 bits per heavy atom. The van der Waals surface area contributed by atoms with E-state index >= 15 is 0 Å². The lowest BCUT2D eigenvalue weighted by Crippen LogP contribution is -2.31. The van der Waals surface area contributed by atoms with Gasteiger partial charge in [-0.05, 0) is 31.0 Å². The molecule has 2 rings (SSSR count). The predicted molar refractivity (Wildman–Crippen MR) is 73.4 cm³/mol. The van der Waals surface area contributed by atoms with Gasteiger partial charge >= 0.3 is 5.69 Å². The molecule has 0 aliphatic heterocycles. The minimum Gasteiger partial charge on any atom is -0.494 e. The summed E-state index contributed by atoms with van der Waals surface area (Å²) in [4.78, 5) is 25.6. The maximum absolute atomic E-state index is 11.8. The third-order valence-electron chi connectivity index (χ3n) is 2.95. The maximum Gasteiger partial charge on any atom is 0.335 e. The maximum atomic E-state index is 11.8. The monoisotopic (exact) mass is 280 g/mol. The van der Waals surface area contributed by atoms with E-state index in [0.29, 0.717) is 17.1 Å². The second-order valence-electron chi connectivity index (χ2n) is 4.18. The van der Waals surface area contributed by atoms with E-state index in [0.717, 1.165) is 10.1 Å². The fourth-order valence-corrected chi connectivity index (χ4v) is 2.02. The third kappa shape index (κ3) is 2.29. The van der Waals surface area contributed by atoms with E-state index in [4.69, 9.17) is 11.6 Å². The Labute approximate surface area is 114 Å². The minimum atomic E-state index is -0.695. The Hall–Kier alpha value is -2.01. The lowest BCUT2D eigenvalue weighted by Gasteiger charge is -2.11. The summed E-state index contributed by atoms with van der Waals surface area (Å²) in [5, 5.41) is 10.5. The summed E-state index contributed by atoms with van der Waals surface area (Å²) in [6, 6.07) is 4.95. The number of rotatable bonds is 2. The van der Waals surface area contributed by atoms with Crippen LogP contribution < -0.4 is 11.2 Å². The summed E-state index contributed by atoms with van der Waals surface area (Å²) in [5.74, 6) is -0.351. The van der Waals surface area contributed by atoms with Crippen molar-refractivity contribution in [1.29, 1.82) is 0 Å². The van der Waals surface area contributed by atoms with Crippen molar-refractivity contribution in [2.45, 2.75) is 20.3 Å². The van der Waals surface area contributed by atoms with Crippen LogP contribution in [0, 0.1) is 6.92 Å². The molecule has 0 saturated carbocycles. The molecule has 0 bridgehead atoms. The average Bonchev–Trinajstić information content (AvgIpc) is 2.33. The molecule has 5 nitrogen and oxygen atoms in total. The van der Waals surface area contributed by atoms with Crippen LogP contribution in [0.5, 0.6) is 5.88 Å². The summed E-state index contributed by atoms with van der Waals surface area (Å²) in [6.07, 6.45) is 0.320. The average molecular weight is 281 g/mol. The van der Waals surface area contributed by atoms with Crippen molar-refractivity contribution in [3.63, 3.8) is 0 Å². The second kappa shape index (κ2) is 4.93. The summed E-state index contributed by atoms with van der Waals surface area (Å²) in [7, 11) is 0. The van der Waals surface area contributed by atoms with Crippen LogP contribution in [-0.2, 0) is 6.42 Å². The molecule has 0 aliphatic rings. The van der Waals surface area contributed by atoms with Gasteiger partial charge in [0.15, 0.2) is 0 Å². The van der Waals surface area contributed by atoms with Gasteiger partial charge in [-0.1, -0.05) is 24.6 Å². The van der Waals surface area contributed by atoms with Crippen molar-refractivity contribution >= 4 is 11.6 Å². The largest absolute Gasteiger partial charge is 0.494 e. The van der Waals surface area contributed by atoms with Gasteiger partial charge in [0.2, 0.25) is 5.88 Å². The predicted octanol–water partition coefficient (Wildman–Crippen LogP) is 1.76. The first-order valence-electron chi connectivity index (χ1n) is 5.79. The number of halogens is 1. The van der Waals surface area contributed by atoms with Crippen molar-refractivity contribution in [3.8, 4) is 11.6 Å². The van der Waals surface area contributed by atoms with Gasteiger partial charge in [-0.2, -0.15) is 0 Å². The molecular weight excluding hydrogens is 268 g/mol. The van der Waals surface area contributed by atoms with E-state index in [1.807, 2.05) is 6.92 Å². The van der Waals surface area contributed by atoms with Gasteiger partial charge < -0.3 is 5.11 Å². The lowest BCUT2D eigenvalue weighted by atomic mass is 10.2. The first kappa shape index (κ1) is 13.4. The molecule has 2 N–H and O–H groups in total. The van der Waals surface area contributed by atoms with Crippen LogP contribution >= 0.6 is 11.6 Å². The molecule has 1 aromatic carbocycles. The zero-order valence-electron chi connectivity index (χ0n) is 10.5. The van der Waals surface area contributed by atoms with Crippen LogP contribution in [0.3, 0.4) is 0 Å². The van der Waals surface area contributed by atoms with E-state index in [-0.39, 0.29) is 11.4 Å². The van der Waals surface area contributed by atoms with Crippen LogP contribution in [0.1, 0.15) is 18.1 Å². The highest BCUT2D eigenvalue weighted by atomic mass is 35.5. The molecule has 2 aromatic rings. The Bertz CT molecular complexity index is 747. The molecule has 0 amide bonds. The van der Waals surface area contributed by atoms with E-state index in [9.17, 15) is 14.7 Å². The van der Waals surface area contributed by atoms with Crippen LogP contribution in [-0.4, -0.2) is 14.7 Å². The molecule has 0 spiro atoms. The van der Waals surface area contributed by atoms with E-state index in [2.05, 4.69) is 4.98 Å². The Morgan fingerprint density at radius 1 is 1.37 bits per heavy atom. The van der Waals surface area contributed by atoms with Gasteiger partial charge in [0, 0.05) is 5.02 Å². The number of nitrogens with one attached hydrogen (secondary N) is 1. The zero-order chi connectivity index (χ0) is 14.2. The number of hydrogen-bond donors (Lipinski definition) is 2. The van der Waals surface area contributed by atoms with Crippen molar-refractivity contribution in [2.24, 2.45) is 0 Å². The van der Waals surface area contributed by atoms with Crippen molar-refractivity contribution in [2.75, 3.05) is 0 Å². The van der Waals surface area contributed by atoms with Gasteiger partial charge in [-0.25, -0.2) is 9.36 Å². The highest BCUT2D eigenvalue weighted by Gasteiger charge is 2.14. The standard InChI is InChI=1S/C13H13ClN2O3/c1-3-9-11(17)15-13(19)16(12(9)18)8-5-4-7(2)10(14)6-8/h4-6,18H,3H2,1-2H3,(H,15,17,19). The topological polar surface area (TPSA) is 75.1 Å². The molecule has 0 saturated heterocycles. The quantitative estimate of drug-likeness (QED) is 0.880. The van der Waals surface area contributed by atoms with E-state index < -0.39 is 11.2 Å². The zero-order valence-corrected chi connectivity index (χ0v) is 11.3. The highest BCUT2D eigenvalue weighted by Crippen LogP contribution is 2.22. The molecule has 100 valence electrons. The Morgan fingerprint density at radius 3 is 2.63 bits per heavy atom. The molecule has 0 fully saturated rings. The summed E-state index contributed by atoms with van der Waals surface area (Å²) >= 11 is 6.00. The number of H-pyrrole nitrogens is 1. The number of aromatic hydroxyl groups is 1. The van der Waals surface area contributed by atoms with Crippen molar-refractivity contribution < 1.29 is 5.11 Å². The number of aromatic nitrogens is 2. The summed E-state index contributed by atoms with van der Waals surface area (Å²) < 4.78 is 1.03. The van der Waals surface area contributed by atoms with Gasteiger partial charge in [0.1, 0.15) is 0 Å². The molecular formula is C13H13ClN2O3. The fraction of sp³-hybridized carbons (Fsp3) is 0.231. The van der Waals surface area contributed by atoms with Gasteiger partial charge in [-0.15, -0.1) is 0 Å². The van der Waals surface area contributed by atoms with Gasteiger partial charge in [0.25, 0.3) is 5.56 Å². The SMILES string of the molecule is CCc1c(O)n(-c2ccc(C)c(Cl)c2)c(=O)[nH]c1=O. The normalized spacial score (nSPS) is 10.7. The van der Waals surface area contributed by atoms with Crippen LogP contribution in [0.2, 0.25) is 5.02 Å². The molecule has 0 aliphatic carbocycles. The number of benzene rings is 1. The Balaban J connectivity index is 2.78. The molecule has 19 heavy (non-hydrogen) atoms. The first-order valence-corrected chi connectivity index (χ1v) is 6.17. The van der Waals surface area contributed by atoms with Crippen LogP contribution in [0.25, 0.3) is 5.69 Å². The smallest absolute Gasteiger partial charge is 0.335 e. The number of hydrogen-bond acceptors (Lipinski definition) is 3. The Kier molecular flexibility index (Phi) is 3.48. The number of aryl methyl sites for hydroxylation is 1. The lowest BCUT2D eigenvalue weighted by molar-refractivity contribution is 0.423. The van der Waals surface area contributed by atoms with Crippen LogP contribution in [0.4, 0.5) is 0 Å². The molecule has 0 atom stereocenters. The third-order valence-corrected chi connectivity index (χ3v) is 3.35. The summed E-state index contributed by atoms with van der Waals surface area (Å²) in [6.45, 7) is 3.56. The molecule has 6 heteroatoms. The van der Waals surface area contributed by atoms with E-state index in [1.54, 1.807) is 25.1 Å². The molecule has 0 radical (unpaired) electrons. The van der Waals surface area contributed by atoms with Crippen molar-refractivity contribution in [1.82, 2.24) is 9.55 Å². The van der Waals surface area contributed by atoms with Crippen molar-refractivity contribution in [3.05, 3.63) is 55.2 Å². The molecule has 0 unspecified atom stereocenters. The van der Waals surface area contributed by atoms with Gasteiger partial charge in [-0.3, -0.25) is 9.78 Å². The summed E-state index contributed by atoms with van der Waals surface area (Å²) in [5.41, 5.74) is 0.164. The fourth-order valence-electron chi connectivity index (χ4n) is 1.84. The minimum absolute atomic E-state index is 0.163. The molecule has 1 aromatic heterocycles. The highest BCUT2D eigenvalue weighted by molar-refractivity contribution is 6.31. The number of aromatic amines is 1. The van der Waals surface area contributed by atoms with Crippen LogP contribution in [0.15, 0.2) is 27.8 Å².